The number of hydrogen-bond donors (Lipinski definition) is 1. The van der Waals surface area contributed by atoms with E-state index >= 15 is 0 Å². The van der Waals surface area contributed by atoms with Crippen molar-refractivity contribution in [3.05, 3.63) is 66.4 Å². The van der Waals surface area contributed by atoms with Crippen LogP contribution in [0.5, 0.6) is 0 Å². The predicted octanol–water partition coefficient (Wildman–Crippen LogP) is 3.39. The fourth-order valence-electron chi connectivity index (χ4n) is 2.02. The molecule has 0 aliphatic rings. The van der Waals surface area contributed by atoms with Crippen molar-refractivity contribution < 1.29 is 5.11 Å². The molecule has 0 saturated carbocycles. The smallest absolute Gasteiger partial charge is 0.126 e. The maximum atomic E-state index is 10.5. The van der Waals surface area contributed by atoms with Gasteiger partial charge in [0.15, 0.2) is 0 Å². The second-order valence-electron chi connectivity index (χ2n) is 4.22. The monoisotopic (exact) mass is 234 g/mol. The van der Waals surface area contributed by atoms with Gasteiger partial charge in [0.2, 0.25) is 0 Å². The molecule has 1 atom stereocenters. The highest BCUT2D eigenvalue weighted by atomic mass is 16.3. The number of terminal acetylenes is 1. The summed E-state index contributed by atoms with van der Waals surface area (Å²) in [6.45, 7) is 3.51. The second-order valence-corrected chi connectivity index (χ2v) is 4.22. The fourth-order valence-corrected chi connectivity index (χ4v) is 2.02. The van der Waals surface area contributed by atoms with E-state index in [4.69, 9.17) is 6.42 Å². The standard InChI is InChI=1S/C17H14O/c1-3-11-17(18,12-4-2)16-10-9-14-7-5-6-8-15(14)13-16/h1,5-10,12-13,18H,2,11H2. The zero-order valence-electron chi connectivity index (χ0n) is 10.1. The van der Waals surface area contributed by atoms with Crippen LogP contribution in [0.4, 0.5) is 0 Å². The van der Waals surface area contributed by atoms with E-state index in [-0.39, 0.29) is 6.42 Å². The van der Waals surface area contributed by atoms with Crippen LogP contribution < -0.4 is 0 Å². The van der Waals surface area contributed by atoms with Gasteiger partial charge in [-0.15, -0.1) is 18.1 Å². The summed E-state index contributed by atoms with van der Waals surface area (Å²) in [5.41, 5.74) is 2.18. The Kier molecular flexibility index (Phi) is 3.35. The molecule has 88 valence electrons. The van der Waals surface area contributed by atoms with Crippen molar-refractivity contribution in [2.75, 3.05) is 0 Å². The van der Waals surface area contributed by atoms with Gasteiger partial charge >= 0.3 is 0 Å². The molecule has 0 fully saturated rings. The normalized spacial score (nSPS) is 13.3. The third-order valence-corrected chi connectivity index (χ3v) is 2.96. The van der Waals surface area contributed by atoms with Crippen LogP contribution in [-0.2, 0) is 5.60 Å². The molecular weight excluding hydrogens is 220 g/mol. The highest BCUT2D eigenvalue weighted by molar-refractivity contribution is 5.83. The summed E-state index contributed by atoms with van der Waals surface area (Å²) in [6, 6.07) is 13.8. The van der Waals surface area contributed by atoms with Crippen LogP contribution >= 0.6 is 0 Å². The first-order valence-electron chi connectivity index (χ1n) is 5.72. The summed E-state index contributed by atoms with van der Waals surface area (Å²) in [5.74, 6) is 2.49. The third kappa shape index (κ3) is 2.21. The Morgan fingerprint density at radius 3 is 2.61 bits per heavy atom. The summed E-state index contributed by atoms with van der Waals surface area (Å²) in [7, 11) is 0. The molecule has 1 heteroatoms. The van der Waals surface area contributed by atoms with E-state index in [1.54, 1.807) is 0 Å². The maximum absolute atomic E-state index is 10.5. The van der Waals surface area contributed by atoms with E-state index in [1.165, 1.54) is 6.08 Å². The molecule has 18 heavy (non-hydrogen) atoms. The molecule has 1 nitrogen and oxygen atoms in total. The van der Waals surface area contributed by atoms with Crippen molar-refractivity contribution in [1.82, 2.24) is 0 Å². The summed E-state index contributed by atoms with van der Waals surface area (Å²) >= 11 is 0. The van der Waals surface area contributed by atoms with Gasteiger partial charge < -0.3 is 5.11 Å². The first kappa shape index (κ1) is 12.2. The highest BCUT2D eigenvalue weighted by Crippen LogP contribution is 2.28. The zero-order valence-corrected chi connectivity index (χ0v) is 10.1. The number of hydrogen-bond acceptors (Lipinski definition) is 1. The number of benzene rings is 2. The molecule has 0 bridgehead atoms. The molecule has 0 radical (unpaired) electrons. The van der Waals surface area contributed by atoms with Crippen LogP contribution in [0.3, 0.4) is 0 Å². The maximum Gasteiger partial charge on any atom is 0.126 e. The van der Waals surface area contributed by atoms with Crippen LogP contribution in [0.1, 0.15) is 12.0 Å². The van der Waals surface area contributed by atoms with Gasteiger partial charge in [-0.3, -0.25) is 0 Å². The van der Waals surface area contributed by atoms with Gasteiger partial charge in [-0.2, -0.15) is 0 Å². The van der Waals surface area contributed by atoms with Crippen molar-refractivity contribution in [2.24, 2.45) is 0 Å². The van der Waals surface area contributed by atoms with Crippen molar-refractivity contribution in [2.45, 2.75) is 12.0 Å². The highest BCUT2D eigenvalue weighted by Gasteiger charge is 2.25. The lowest BCUT2D eigenvalue weighted by atomic mass is 9.89. The molecule has 0 aromatic heterocycles. The SMILES string of the molecule is C#CCC(O)(C=C=C)c1ccc2ccccc2c1. The summed E-state index contributed by atoms with van der Waals surface area (Å²) in [6.07, 6.45) is 7.03. The quantitative estimate of drug-likeness (QED) is 0.637. The van der Waals surface area contributed by atoms with Crippen LogP contribution in [-0.4, -0.2) is 5.11 Å². The lowest BCUT2D eigenvalue weighted by molar-refractivity contribution is 0.0957. The lowest BCUT2D eigenvalue weighted by Gasteiger charge is -2.22. The van der Waals surface area contributed by atoms with Gasteiger partial charge in [-0.25, -0.2) is 0 Å². The summed E-state index contributed by atoms with van der Waals surface area (Å²) in [4.78, 5) is 0. The molecular formula is C17H14O. The molecule has 0 heterocycles. The molecule has 2 aromatic rings. The predicted molar refractivity (Wildman–Crippen MR) is 75.0 cm³/mol. The molecule has 0 amide bonds. The second kappa shape index (κ2) is 4.94. The van der Waals surface area contributed by atoms with Crippen LogP contribution in [0.15, 0.2) is 60.9 Å². The van der Waals surface area contributed by atoms with Gasteiger partial charge in [0.1, 0.15) is 5.60 Å². The van der Waals surface area contributed by atoms with Gasteiger partial charge in [-0.05, 0) is 28.5 Å². The van der Waals surface area contributed by atoms with E-state index in [1.807, 2.05) is 42.5 Å². The molecule has 0 aliphatic heterocycles. The van der Waals surface area contributed by atoms with Gasteiger partial charge in [-0.1, -0.05) is 43.0 Å². The van der Waals surface area contributed by atoms with Crippen molar-refractivity contribution in [3.8, 4) is 12.3 Å². The van der Waals surface area contributed by atoms with Crippen molar-refractivity contribution >= 4 is 10.8 Å². The Morgan fingerprint density at radius 1 is 1.22 bits per heavy atom. The Morgan fingerprint density at radius 2 is 1.94 bits per heavy atom. The zero-order chi connectivity index (χ0) is 13.0. The molecule has 0 spiro atoms. The molecule has 2 rings (SSSR count). The van der Waals surface area contributed by atoms with E-state index < -0.39 is 5.60 Å². The topological polar surface area (TPSA) is 20.2 Å². The Labute approximate surface area is 107 Å². The van der Waals surface area contributed by atoms with Gasteiger partial charge in [0, 0.05) is 6.42 Å². The Bertz CT molecular complexity index is 657. The first-order valence-corrected chi connectivity index (χ1v) is 5.72. The van der Waals surface area contributed by atoms with E-state index in [0.717, 1.165) is 16.3 Å². The van der Waals surface area contributed by atoms with Gasteiger partial charge in [0.05, 0.1) is 0 Å². The van der Waals surface area contributed by atoms with E-state index in [2.05, 4.69) is 18.2 Å². The Balaban J connectivity index is 2.58. The number of fused-ring (bicyclic) bond motifs is 1. The van der Waals surface area contributed by atoms with Crippen LogP contribution in [0.25, 0.3) is 10.8 Å². The van der Waals surface area contributed by atoms with E-state index in [9.17, 15) is 5.11 Å². The fraction of sp³-hybridized carbons (Fsp3) is 0.118. The molecule has 0 saturated heterocycles. The van der Waals surface area contributed by atoms with Crippen LogP contribution in [0, 0.1) is 12.3 Å². The molecule has 0 aliphatic carbocycles. The third-order valence-electron chi connectivity index (χ3n) is 2.96. The average molecular weight is 234 g/mol. The number of aliphatic hydroxyl groups is 1. The number of rotatable bonds is 3. The minimum Gasteiger partial charge on any atom is -0.379 e. The van der Waals surface area contributed by atoms with Crippen molar-refractivity contribution in [1.29, 1.82) is 0 Å². The van der Waals surface area contributed by atoms with E-state index in [0.29, 0.717) is 0 Å². The minimum absolute atomic E-state index is 0.202. The average Bonchev–Trinajstić information content (AvgIpc) is 2.39. The molecule has 2 aromatic carbocycles. The Hall–Kier alpha value is -2.26. The van der Waals surface area contributed by atoms with Crippen LogP contribution in [0.2, 0.25) is 0 Å². The molecule has 1 unspecified atom stereocenters. The lowest BCUT2D eigenvalue weighted by Crippen LogP contribution is -2.21. The summed E-state index contributed by atoms with van der Waals surface area (Å²) in [5, 5.41) is 12.7. The minimum atomic E-state index is -1.19. The van der Waals surface area contributed by atoms with Crippen molar-refractivity contribution in [3.63, 3.8) is 0 Å². The summed E-state index contributed by atoms with van der Waals surface area (Å²) < 4.78 is 0. The first-order chi connectivity index (χ1) is 8.69. The molecule has 1 N–H and O–H groups in total. The largest absolute Gasteiger partial charge is 0.379 e. The van der Waals surface area contributed by atoms with Gasteiger partial charge in [0.25, 0.3) is 0 Å².